The molecule has 0 unspecified atom stereocenters. The highest BCUT2D eigenvalue weighted by atomic mass is 16.4. The molecule has 0 aliphatic heterocycles. The zero-order chi connectivity index (χ0) is 16.6. The van der Waals surface area contributed by atoms with E-state index in [-0.39, 0.29) is 11.8 Å². The van der Waals surface area contributed by atoms with Crippen LogP contribution >= 0.6 is 0 Å². The standard InChI is InChI=1S/C19H29NO2/c1-15(11-14-20-13-6-8-18(21)22)9-10-17-16(2)7-5-12-19(17,3)4/h9-11,14H,5-8,12-13H2,1-4H3,(H,21,22)/p+1/b10-9+,15-11+,20-14?. The van der Waals surface area contributed by atoms with Gasteiger partial charge < -0.3 is 5.11 Å². The summed E-state index contributed by atoms with van der Waals surface area (Å²) in [6, 6.07) is 0. The molecule has 122 valence electrons. The Labute approximate surface area is 134 Å². The molecule has 0 heterocycles. The van der Waals surface area contributed by atoms with Gasteiger partial charge in [0, 0.05) is 12.5 Å². The Bertz CT molecular complexity index is 508. The van der Waals surface area contributed by atoms with E-state index in [0.717, 1.165) is 0 Å². The van der Waals surface area contributed by atoms with E-state index in [1.165, 1.54) is 36.0 Å². The topological polar surface area (TPSA) is 51.3 Å². The van der Waals surface area contributed by atoms with Gasteiger partial charge >= 0.3 is 5.97 Å². The molecule has 2 N–H and O–H groups in total. The number of carbonyl (C=O) groups is 1. The van der Waals surface area contributed by atoms with Gasteiger partial charge in [-0.25, -0.2) is 4.99 Å². The van der Waals surface area contributed by atoms with E-state index in [4.69, 9.17) is 5.11 Å². The second-order valence-electron chi connectivity index (χ2n) is 6.79. The van der Waals surface area contributed by atoms with E-state index in [9.17, 15) is 4.79 Å². The van der Waals surface area contributed by atoms with Gasteiger partial charge in [0.2, 0.25) is 0 Å². The third kappa shape index (κ3) is 6.42. The minimum absolute atomic E-state index is 0.214. The molecule has 3 nitrogen and oxygen atoms in total. The van der Waals surface area contributed by atoms with E-state index >= 15 is 0 Å². The molecule has 0 aromatic carbocycles. The molecular formula is C19H30NO2+. The van der Waals surface area contributed by atoms with Crippen LogP contribution in [0.1, 0.15) is 59.8 Å². The maximum absolute atomic E-state index is 10.4. The average Bonchev–Trinajstić information content (AvgIpc) is 2.41. The summed E-state index contributed by atoms with van der Waals surface area (Å²) < 4.78 is 0. The van der Waals surface area contributed by atoms with Crippen LogP contribution in [0, 0.1) is 5.41 Å². The summed E-state index contributed by atoms with van der Waals surface area (Å²) in [5, 5.41) is 8.55. The number of allylic oxidation sites excluding steroid dienone is 6. The minimum Gasteiger partial charge on any atom is -0.481 e. The average molecular weight is 304 g/mol. The first kappa shape index (κ1) is 18.4. The van der Waals surface area contributed by atoms with Gasteiger partial charge in [-0.15, -0.1) is 0 Å². The van der Waals surface area contributed by atoms with Gasteiger partial charge in [0.25, 0.3) is 0 Å². The fourth-order valence-corrected chi connectivity index (χ4v) is 2.90. The lowest BCUT2D eigenvalue weighted by Crippen LogP contribution is -2.68. The molecule has 0 amide bonds. The quantitative estimate of drug-likeness (QED) is 0.431. The van der Waals surface area contributed by atoms with E-state index in [1.54, 1.807) is 0 Å². The number of carboxylic acid groups (broad SMARTS) is 1. The zero-order valence-corrected chi connectivity index (χ0v) is 14.4. The molecule has 1 aliphatic carbocycles. The van der Waals surface area contributed by atoms with Crippen molar-refractivity contribution in [3.8, 4) is 0 Å². The normalized spacial score (nSPS) is 19.4. The lowest BCUT2D eigenvalue weighted by Gasteiger charge is -2.32. The predicted octanol–water partition coefficient (Wildman–Crippen LogP) is 3.03. The lowest BCUT2D eigenvalue weighted by molar-refractivity contribution is -0.451. The fraction of sp³-hybridized carbons (Fsp3) is 0.579. The molecule has 1 aliphatic rings. The van der Waals surface area contributed by atoms with Gasteiger partial charge in [0.15, 0.2) is 6.21 Å². The first-order chi connectivity index (χ1) is 10.3. The number of hydrogen-bond donors (Lipinski definition) is 2. The van der Waals surface area contributed by atoms with Crippen LogP contribution in [0.15, 0.2) is 34.9 Å². The fourth-order valence-electron chi connectivity index (χ4n) is 2.90. The maximum atomic E-state index is 10.4. The summed E-state index contributed by atoms with van der Waals surface area (Å²) in [6.45, 7) is 9.67. The molecule has 0 bridgehead atoms. The van der Waals surface area contributed by atoms with Gasteiger partial charge in [-0.3, -0.25) is 4.79 Å². The number of hydrogen-bond acceptors (Lipinski definition) is 1. The molecule has 0 radical (unpaired) electrons. The summed E-state index contributed by atoms with van der Waals surface area (Å²) in [4.78, 5) is 13.5. The SMILES string of the molecule is CC1=C(/C=C/C(C)=C/C=[NH+]CCCC(=O)O)C(C)(C)CCC1. The van der Waals surface area contributed by atoms with Crippen LogP contribution in [0.2, 0.25) is 0 Å². The second-order valence-corrected chi connectivity index (χ2v) is 6.79. The summed E-state index contributed by atoms with van der Waals surface area (Å²) in [5.41, 5.74) is 4.45. The molecule has 1 rings (SSSR count). The number of carboxylic acids is 1. The van der Waals surface area contributed by atoms with Gasteiger partial charge in [-0.1, -0.05) is 31.6 Å². The van der Waals surface area contributed by atoms with Crippen molar-refractivity contribution in [2.24, 2.45) is 5.41 Å². The molecule has 0 saturated heterocycles. The van der Waals surface area contributed by atoms with E-state index in [2.05, 4.69) is 44.8 Å². The van der Waals surface area contributed by atoms with Crippen molar-refractivity contribution in [2.45, 2.75) is 59.8 Å². The number of nitrogens with one attached hydrogen (secondary N) is 1. The Hall–Kier alpha value is -1.64. The van der Waals surface area contributed by atoms with Crippen LogP contribution in [0.4, 0.5) is 0 Å². The number of rotatable bonds is 7. The molecule has 0 saturated carbocycles. The van der Waals surface area contributed by atoms with Crippen LogP contribution in [-0.2, 0) is 4.79 Å². The van der Waals surface area contributed by atoms with Crippen molar-refractivity contribution in [3.63, 3.8) is 0 Å². The largest absolute Gasteiger partial charge is 0.481 e. The van der Waals surface area contributed by atoms with E-state index in [0.29, 0.717) is 13.0 Å². The second kappa shape index (κ2) is 8.72. The monoisotopic (exact) mass is 304 g/mol. The summed E-state index contributed by atoms with van der Waals surface area (Å²) in [7, 11) is 0. The third-order valence-corrected chi connectivity index (χ3v) is 4.23. The zero-order valence-electron chi connectivity index (χ0n) is 14.4. The highest BCUT2D eigenvalue weighted by Crippen LogP contribution is 2.40. The molecule has 3 heteroatoms. The van der Waals surface area contributed by atoms with Crippen molar-refractivity contribution < 1.29 is 14.9 Å². The van der Waals surface area contributed by atoms with Gasteiger partial charge in [-0.2, -0.15) is 0 Å². The van der Waals surface area contributed by atoms with Crippen LogP contribution in [0.5, 0.6) is 0 Å². The Morgan fingerprint density at radius 1 is 1.41 bits per heavy atom. The smallest absolute Gasteiger partial charge is 0.303 e. The maximum Gasteiger partial charge on any atom is 0.303 e. The summed E-state index contributed by atoms with van der Waals surface area (Å²) in [6.07, 6.45) is 13.0. The first-order valence-electron chi connectivity index (χ1n) is 8.16. The van der Waals surface area contributed by atoms with Crippen LogP contribution in [0.3, 0.4) is 0 Å². The predicted molar refractivity (Wildman–Crippen MR) is 92.0 cm³/mol. The van der Waals surface area contributed by atoms with Gasteiger partial charge in [0.1, 0.15) is 6.54 Å². The van der Waals surface area contributed by atoms with E-state index in [1.807, 2.05) is 12.3 Å². The van der Waals surface area contributed by atoms with Crippen molar-refractivity contribution in [3.05, 3.63) is 34.9 Å². The molecule has 22 heavy (non-hydrogen) atoms. The van der Waals surface area contributed by atoms with Crippen LogP contribution in [0.25, 0.3) is 0 Å². The Kier molecular flexibility index (Phi) is 7.30. The highest BCUT2D eigenvalue weighted by Gasteiger charge is 2.26. The Balaban J connectivity index is 2.56. The van der Waals surface area contributed by atoms with Crippen LogP contribution < -0.4 is 4.99 Å². The third-order valence-electron chi connectivity index (χ3n) is 4.23. The van der Waals surface area contributed by atoms with Gasteiger partial charge in [0.05, 0.1) is 6.42 Å². The minimum atomic E-state index is -0.741. The molecule has 0 atom stereocenters. The van der Waals surface area contributed by atoms with Crippen molar-refractivity contribution in [1.82, 2.24) is 0 Å². The molecule has 0 fully saturated rings. The molecule has 0 aromatic heterocycles. The van der Waals surface area contributed by atoms with Crippen molar-refractivity contribution >= 4 is 12.2 Å². The Morgan fingerprint density at radius 2 is 2.14 bits per heavy atom. The summed E-state index contributed by atoms with van der Waals surface area (Å²) >= 11 is 0. The molecular weight excluding hydrogens is 274 g/mol. The highest BCUT2D eigenvalue weighted by molar-refractivity contribution is 5.67. The number of aliphatic carboxylic acids is 1. The Morgan fingerprint density at radius 3 is 2.77 bits per heavy atom. The summed E-state index contributed by atoms with van der Waals surface area (Å²) in [5.74, 6) is -0.741. The van der Waals surface area contributed by atoms with Crippen molar-refractivity contribution in [2.75, 3.05) is 6.54 Å². The first-order valence-corrected chi connectivity index (χ1v) is 8.16. The molecule has 0 aromatic rings. The van der Waals surface area contributed by atoms with Gasteiger partial charge in [-0.05, 0) is 49.7 Å². The van der Waals surface area contributed by atoms with E-state index < -0.39 is 5.97 Å². The van der Waals surface area contributed by atoms with Crippen molar-refractivity contribution in [1.29, 1.82) is 0 Å². The van der Waals surface area contributed by atoms with Crippen LogP contribution in [-0.4, -0.2) is 23.8 Å². The molecule has 0 spiro atoms. The lowest BCUT2D eigenvalue weighted by atomic mass is 9.72.